The average molecular weight is 382 g/mol. The van der Waals surface area contributed by atoms with E-state index in [0.717, 1.165) is 17.9 Å². The number of nitrogens with zero attached hydrogens (tertiary/aromatic N) is 2. The summed E-state index contributed by atoms with van der Waals surface area (Å²) in [5.41, 5.74) is 1.69. The van der Waals surface area contributed by atoms with Crippen LogP contribution in [0.1, 0.15) is 19.0 Å². The van der Waals surface area contributed by atoms with Crippen LogP contribution in [0.25, 0.3) is 0 Å². The molecule has 1 fully saturated rings. The third-order valence-electron chi connectivity index (χ3n) is 4.66. The van der Waals surface area contributed by atoms with Gasteiger partial charge >= 0.3 is 6.03 Å². The van der Waals surface area contributed by atoms with Crippen molar-refractivity contribution in [3.63, 3.8) is 0 Å². The van der Waals surface area contributed by atoms with Gasteiger partial charge in [0, 0.05) is 43.6 Å². The van der Waals surface area contributed by atoms with Crippen LogP contribution in [-0.4, -0.2) is 48.1 Å². The predicted molar refractivity (Wildman–Crippen MR) is 107 cm³/mol. The van der Waals surface area contributed by atoms with Crippen molar-refractivity contribution in [1.29, 1.82) is 0 Å². The topological polar surface area (TPSA) is 83.6 Å². The summed E-state index contributed by atoms with van der Waals surface area (Å²) in [6.45, 7) is 4.08. The van der Waals surface area contributed by atoms with Crippen LogP contribution >= 0.6 is 0 Å². The van der Waals surface area contributed by atoms with Crippen molar-refractivity contribution in [1.82, 2.24) is 15.2 Å². The maximum absolute atomic E-state index is 12.4. The van der Waals surface area contributed by atoms with Gasteiger partial charge in [-0.05, 0) is 49.7 Å². The molecule has 7 nitrogen and oxygen atoms in total. The number of aromatic nitrogens is 1. The van der Waals surface area contributed by atoms with Crippen LogP contribution in [0.2, 0.25) is 0 Å². The Morgan fingerprint density at radius 1 is 1.21 bits per heavy atom. The first-order valence-corrected chi connectivity index (χ1v) is 9.62. The first kappa shape index (κ1) is 19.7. The zero-order chi connectivity index (χ0) is 19.8. The quantitative estimate of drug-likeness (QED) is 0.771. The summed E-state index contributed by atoms with van der Waals surface area (Å²) < 4.78 is 5.73. The number of ether oxygens (including phenoxy) is 1. The zero-order valence-electron chi connectivity index (χ0n) is 16.1. The molecule has 0 spiro atoms. The van der Waals surface area contributed by atoms with Gasteiger partial charge in [-0.2, -0.15) is 0 Å². The largest absolute Gasteiger partial charge is 0.493 e. The monoisotopic (exact) mass is 382 g/mol. The number of carbonyl (C=O) groups is 2. The highest BCUT2D eigenvalue weighted by Gasteiger charge is 2.30. The number of urea groups is 1. The van der Waals surface area contributed by atoms with E-state index in [4.69, 9.17) is 4.74 Å². The number of hydrogen-bond acceptors (Lipinski definition) is 4. The Morgan fingerprint density at radius 2 is 2.04 bits per heavy atom. The van der Waals surface area contributed by atoms with E-state index in [1.807, 2.05) is 49.4 Å². The van der Waals surface area contributed by atoms with Crippen LogP contribution in [0.5, 0.6) is 5.75 Å². The molecule has 148 valence electrons. The fraction of sp³-hybridized carbons (Fsp3) is 0.381. The molecule has 2 N–H and O–H groups in total. The minimum Gasteiger partial charge on any atom is -0.493 e. The molecule has 0 saturated carbocycles. The number of amides is 3. The summed E-state index contributed by atoms with van der Waals surface area (Å²) in [6.07, 6.45) is 3.20. The van der Waals surface area contributed by atoms with Crippen molar-refractivity contribution in [2.75, 3.05) is 31.6 Å². The minimum atomic E-state index is -0.185. The van der Waals surface area contributed by atoms with E-state index in [0.29, 0.717) is 38.3 Å². The fourth-order valence-electron chi connectivity index (χ4n) is 3.13. The van der Waals surface area contributed by atoms with Crippen molar-refractivity contribution in [2.45, 2.75) is 19.8 Å². The van der Waals surface area contributed by atoms with Gasteiger partial charge in [-0.15, -0.1) is 0 Å². The number of hydrogen-bond donors (Lipinski definition) is 2. The Kier molecular flexibility index (Phi) is 6.84. The summed E-state index contributed by atoms with van der Waals surface area (Å²) in [7, 11) is 0. The molecule has 2 aromatic rings. The summed E-state index contributed by atoms with van der Waals surface area (Å²) >= 11 is 0. The van der Waals surface area contributed by atoms with Gasteiger partial charge in [0.25, 0.3) is 0 Å². The lowest BCUT2D eigenvalue weighted by Gasteiger charge is -2.17. The second-order valence-electron chi connectivity index (χ2n) is 6.70. The molecule has 1 aromatic heterocycles. The first-order valence-electron chi connectivity index (χ1n) is 9.62. The van der Waals surface area contributed by atoms with Gasteiger partial charge < -0.3 is 20.3 Å². The number of carbonyl (C=O) groups excluding carboxylic acids is 2. The smallest absolute Gasteiger partial charge is 0.321 e. The average Bonchev–Trinajstić information content (AvgIpc) is 3.21. The SMILES string of the molecule is CCNC(=O)[C@@H]1CCN(C(=O)Nc2ccc(OCCc3ccccn3)cc2)C1. The van der Waals surface area contributed by atoms with E-state index in [1.54, 1.807) is 11.1 Å². The lowest BCUT2D eigenvalue weighted by molar-refractivity contribution is -0.124. The highest BCUT2D eigenvalue weighted by molar-refractivity contribution is 5.90. The molecular formula is C21H26N4O3. The van der Waals surface area contributed by atoms with Crippen molar-refractivity contribution in [3.8, 4) is 5.75 Å². The van der Waals surface area contributed by atoms with E-state index in [2.05, 4.69) is 15.6 Å². The van der Waals surface area contributed by atoms with Crippen molar-refractivity contribution >= 4 is 17.6 Å². The number of pyridine rings is 1. The molecular weight excluding hydrogens is 356 g/mol. The summed E-state index contributed by atoms with van der Waals surface area (Å²) in [4.78, 5) is 30.2. The van der Waals surface area contributed by atoms with Crippen LogP contribution < -0.4 is 15.4 Å². The Hall–Kier alpha value is -3.09. The lowest BCUT2D eigenvalue weighted by Crippen LogP contribution is -2.36. The first-order chi connectivity index (χ1) is 13.7. The van der Waals surface area contributed by atoms with Crippen molar-refractivity contribution in [2.24, 2.45) is 5.92 Å². The van der Waals surface area contributed by atoms with E-state index in [1.165, 1.54) is 0 Å². The Morgan fingerprint density at radius 3 is 2.75 bits per heavy atom. The third kappa shape index (κ3) is 5.45. The summed E-state index contributed by atoms with van der Waals surface area (Å²) in [5.74, 6) is 0.636. The van der Waals surface area contributed by atoms with Gasteiger partial charge in [-0.3, -0.25) is 9.78 Å². The van der Waals surface area contributed by atoms with E-state index >= 15 is 0 Å². The molecule has 0 radical (unpaired) electrons. The van der Waals surface area contributed by atoms with Gasteiger partial charge in [-0.1, -0.05) is 6.07 Å². The molecule has 1 aliphatic rings. The second-order valence-corrected chi connectivity index (χ2v) is 6.70. The van der Waals surface area contributed by atoms with Crippen LogP contribution in [-0.2, 0) is 11.2 Å². The maximum atomic E-state index is 12.4. The number of rotatable bonds is 7. The maximum Gasteiger partial charge on any atom is 0.321 e. The molecule has 1 aliphatic heterocycles. The standard InChI is InChI=1S/C21H26N4O3/c1-2-22-20(26)16-10-13-25(15-16)21(27)24-18-6-8-19(9-7-18)28-14-11-17-5-3-4-12-23-17/h3-9,12,16H,2,10-11,13-15H2,1H3,(H,22,26)(H,24,27)/t16-/m1/s1. The van der Waals surface area contributed by atoms with E-state index in [9.17, 15) is 9.59 Å². The highest BCUT2D eigenvalue weighted by atomic mass is 16.5. The molecule has 7 heteroatoms. The van der Waals surface area contributed by atoms with Crippen LogP contribution in [0.4, 0.5) is 10.5 Å². The predicted octanol–water partition coefficient (Wildman–Crippen LogP) is 2.69. The van der Waals surface area contributed by atoms with Crippen LogP contribution in [0.3, 0.4) is 0 Å². The zero-order valence-corrected chi connectivity index (χ0v) is 16.1. The van der Waals surface area contributed by atoms with Crippen LogP contribution in [0.15, 0.2) is 48.7 Å². The Labute approximate surface area is 165 Å². The highest BCUT2D eigenvalue weighted by Crippen LogP contribution is 2.20. The van der Waals surface area contributed by atoms with Gasteiger partial charge in [0.05, 0.1) is 12.5 Å². The Balaban J connectivity index is 1.43. The third-order valence-corrected chi connectivity index (χ3v) is 4.66. The molecule has 1 aromatic carbocycles. The summed E-state index contributed by atoms with van der Waals surface area (Å²) in [5, 5.41) is 5.69. The normalized spacial score (nSPS) is 15.9. The van der Waals surface area contributed by atoms with Gasteiger partial charge in [-0.25, -0.2) is 4.79 Å². The molecule has 1 atom stereocenters. The summed E-state index contributed by atoms with van der Waals surface area (Å²) in [6, 6.07) is 12.9. The number of likely N-dealkylation sites (tertiary alicyclic amines) is 1. The van der Waals surface area contributed by atoms with Gasteiger partial charge in [0.1, 0.15) is 5.75 Å². The molecule has 3 amide bonds. The second kappa shape index (κ2) is 9.73. The van der Waals surface area contributed by atoms with Crippen molar-refractivity contribution in [3.05, 3.63) is 54.4 Å². The number of nitrogens with one attached hydrogen (secondary N) is 2. The molecule has 0 unspecified atom stereocenters. The molecule has 2 heterocycles. The number of benzene rings is 1. The molecule has 0 bridgehead atoms. The van der Waals surface area contributed by atoms with Crippen molar-refractivity contribution < 1.29 is 14.3 Å². The van der Waals surface area contributed by atoms with E-state index in [-0.39, 0.29) is 17.9 Å². The van der Waals surface area contributed by atoms with Crippen LogP contribution in [0, 0.1) is 5.92 Å². The molecule has 3 rings (SSSR count). The van der Waals surface area contributed by atoms with Gasteiger partial charge in [0.15, 0.2) is 0 Å². The molecule has 0 aliphatic carbocycles. The molecule has 28 heavy (non-hydrogen) atoms. The lowest BCUT2D eigenvalue weighted by atomic mass is 10.1. The minimum absolute atomic E-state index is 0.0185. The van der Waals surface area contributed by atoms with Gasteiger partial charge in [0.2, 0.25) is 5.91 Å². The fourth-order valence-corrected chi connectivity index (χ4v) is 3.13. The number of anilines is 1. The Bertz CT molecular complexity index is 780. The van der Waals surface area contributed by atoms with E-state index < -0.39 is 0 Å². The molecule has 1 saturated heterocycles.